The number of nitrogens with zero attached hydrogens (tertiary/aromatic N) is 2. The number of hydrogen-bond donors (Lipinski definition) is 2. The Morgan fingerprint density at radius 3 is 2.88 bits per heavy atom. The van der Waals surface area contributed by atoms with E-state index in [4.69, 9.17) is 5.26 Å². The molecule has 0 radical (unpaired) electrons. The molecule has 1 aliphatic rings. The van der Waals surface area contributed by atoms with Crippen molar-refractivity contribution in [2.45, 2.75) is 6.42 Å². The summed E-state index contributed by atoms with van der Waals surface area (Å²) < 4.78 is 0. The van der Waals surface area contributed by atoms with Gasteiger partial charge in [-0.1, -0.05) is 0 Å². The first-order valence-electron chi connectivity index (χ1n) is 2.59. The van der Waals surface area contributed by atoms with Crippen molar-refractivity contribution in [1.82, 2.24) is 16.0 Å². The van der Waals surface area contributed by atoms with E-state index in [9.17, 15) is 0 Å². The summed E-state index contributed by atoms with van der Waals surface area (Å²) in [6.07, 6.45) is 2.99. The Labute approximate surface area is 48.0 Å². The van der Waals surface area contributed by atoms with E-state index in [1.807, 2.05) is 6.19 Å². The zero-order chi connectivity index (χ0) is 5.82. The molecule has 1 rings (SSSR count). The molecule has 8 heavy (non-hydrogen) atoms. The van der Waals surface area contributed by atoms with Crippen LogP contribution < -0.4 is 11.0 Å². The molecule has 0 saturated carbocycles. The Kier molecular flexibility index (Phi) is 1.67. The maximum absolute atomic E-state index is 8.26. The second-order valence-corrected chi connectivity index (χ2v) is 1.64. The van der Waals surface area contributed by atoms with Crippen LogP contribution in [0, 0.1) is 11.5 Å². The van der Waals surface area contributed by atoms with E-state index in [0.717, 1.165) is 19.5 Å². The van der Waals surface area contributed by atoms with Crippen LogP contribution in [0.1, 0.15) is 6.42 Å². The summed E-state index contributed by atoms with van der Waals surface area (Å²) in [5.41, 5.74) is 5.53. The second-order valence-electron chi connectivity index (χ2n) is 1.64. The molecule has 4 nitrogen and oxygen atoms in total. The summed E-state index contributed by atoms with van der Waals surface area (Å²) in [6.45, 7) is 1.75. The minimum Gasteiger partial charge on any atom is -0.239 e. The third-order valence-corrected chi connectivity index (χ3v) is 1.02. The van der Waals surface area contributed by atoms with Crippen LogP contribution >= 0.6 is 0 Å². The molecular weight excluding hydrogens is 104 g/mol. The average molecular weight is 112 g/mol. The maximum Gasteiger partial charge on any atom is 0.196 e. The number of hydrogen-bond acceptors (Lipinski definition) is 4. The van der Waals surface area contributed by atoms with E-state index in [-0.39, 0.29) is 0 Å². The number of hydrazine groups is 2. The fraction of sp³-hybridized carbons (Fsp3) is 0.750. The summed E-state index contributed by atoms with van der Waals surface area (Å²) in [5, 5.41) is 9.73. The molecular formula is C4H8N4. The molecule has 0 aliphatic carbocycles. The first-order valence-corrected chi connectivity index (χ1v) is 2.59. The molecule has 44 valence electrons. The highest BCUT2D eigenvalue weighted by Crippen LogP contribution is 1.86. The Bertz CT molecular complexity index is 99.1. The van der Waals surface area contributed by atoms with Gasteiger partial charge in [-0.15, -0.1) is 0 Å². The Morgan fingerprint density at radius 2 is 2.50 bits per heavy atom. The van der Waals surface area contributed by atoms with Crippen molar-refractivity contribution in [3.05, 3.63) is 0 Å². The van der Waals surface area contributed by atoms with Gasteiger partial charge in [-0.05, 0) is 6.42 Å². The quantitative estimate of drug-likeness (QED) is 0.402. The highest BCUT2D eigenvalue weighted by atomic mass is 15.7. The van der Waals surface area contributed by atoms with Gasteiger partial charge in [-0.25, -0.2) is 10.4 Å². The van der Waals surface area contributed by atoms with Gasteiger partial charge in [0.05, 0.1) is 0 Å². The maximum atomic E-state index is 8.26. The zero-order valence-electron chi connectivity index (χ0n) is 4.52. The predicted octanol–water partition coefficient (Wildman–Crippen LogP) is -0.818. The molecule has 4 heteroatoms. The highest BCUT2D eigenvalue weighted by molar-refractivity contribution is 4.70. The lowest BCUT2D eigenvalue weighted by Crippen LogP contribution is -2.50. The molecule has 0 unspecified atom stereocenters. The lowest BCUT2D eigenvalue weighted by Gasteiger charge is -2.21. The normalized spacial score (nSPS) is 20.1. The molecule has 0 aromatic carbocycles. The zero-order valence-corrected chi connectivity index (χ0v) is 4.52. The van der Waals surface area contributed by atoms with Gasteiger partial charge in [-0.3, -0.25) is 0 Å². The van der Waals surface area contributed by atoms with E-state index >= 15 is 0 Å². The van der Waals surface area contributed by atoms with Crippen molar-refractivity contribution in [3.63, 3.8) is 0 Å². The fourth-order valence-electron chi connectivity index (χ4n) is 0.608. The Balaban J connectivity index is 2.25. The molecule has 1 saturated heterocycles. The van der Waals surface area contributed by atoms with Crippen LogP contribution in [0.5, 0.6) is 0 Å². The lowest BCUT2D eigenvalue weighted by atomic mass is 10.4. The van der Waals surface area contributed by atoms with Crippen molar-refractivity contribution in [3.8, 4) is 6.19 Å². The van der Waals surface area contributed by atoms with E-state index < -0.39 is 0 Å². The van der Waals surface area contributed by atoms with Gasteiger partial charge in [-0.2, -0.15) is 10.8 Å². The van der Waals surface area contributed by atoms with Gasteiger partial charge in [0.15, 0.2) is 6.19 Å². The highest BCUT2D eigenvalue weighted by Gasteiger charge is 2.03. The van der Waals surface area contributed by atoms with E-state index in [0.29, 0.717) is 0 Å². The van der Waals surface area contributed by atoms with Crippen LogP contribution in [-0.4, -0.2) is 18.1 Å². The number of nitriles is 1. The van der Waals surface area contributed by atoms with Crippen LogP contribution in [0.15, 0.2) is 0 Å². The van der Waals surface area contributed by atoms with Crippen molar-refractivity contribution in [1.29, 1.82) is 5.26 Å². The predicted molar refractivity (Wildman–Crippen MR) is 28.1 cm³/mol. The van der Waals surface area contributed by atoms with Gasteiger partial charge in [0.2, 0.25) is 0 Å². The topological polar surface area (TPSA) is 51.1 Å². The number of nitrogens with one attached hydrogen (secondary N) is 2. The Hall–Kier alpha value is -0.790. The van der Waals surface area contributed by atoms with E-state index in [2.05, 4.69) is 11.0 Å². The van der Waals surface area contributed by atoms with Gasteiger partial charge in [0.25, 0.3) is 0 Å². The van der Waals surface area contributed by atoms with Crippen molar-refractivity contribution in [2.75, 3.05) is 13.1 Å². The second kappa shape index (κ2) is 2.50. The van der Waals surface area contributed by atoms with Crippen molar-refractivity contribution < 1.29 is 0 Å². The van der Waals surface area contributed by atoms with Crippen LogP contribution in [0.3, 0.4) is 0 Å². The van der Waals surface area contributed by atoms with Crippen LogP contribution in [-0.2, 0) is 0 Å². The summed E-state index contributed by atoms with van der Waals surface area (Å²) >= 11 is 0. The molecule has 0 atom stereocenters. The lowest BCUT2D eigenvalue weighted by molar-refractivity contribution is 0.191. The molecule has 1 heterocycles. The minimum atomic E-state index is 0.809. The minimum absolute atomic E-state index is 0.809. The largest absolute Gasteiger partial charge is 0.239 e. The monoisotopic (exact) mass is 112 g/mol. The van der Waals surface area contributed by atoms with Crippen molar-refractivity contribution >= 4 is 0 Å². The molecule has 0 amide bonds. The van der Waals surface area contributed by atoms with Gasteiger partial charge >= 0.3 is 0 Å². The fourth-order valence-corrected chi connectivity index (χ4v) is 0.608. The molecule has 0 spiro atoms. The standard InChI is InChI=1S/C4H8N4/c5-4-8-3-1-2-6-7-8/h6-7H,1-3H2. The SMILES string of the molecule is N#CN1CCCNN1. The molecule has 0 aromatic heterocycles. The Morgan fingerprint density at radius 1 is 1.62 bits per heavy atom. The summed E-state index contributed by atoms with van der Waals surface area (Å²) in [5.74, 6) is 0. The van der Waals surface area contributed by atoms with Gasteiger partial charge in [0.1, 0.15) is 0 Å². The number of rotatable bonds is 0. The van der Waals surface area contributed by atoms with Gasteiger partial charge in [0, 0.05) is 13.1 Å². The molecule has 1 aliphatic heterocycles. The van der Waals surface area contributed by atoms with Crippen LogP contribution in [0.4, 0.5) is 0 Å². The first kappa shape index (κ1) is 5.35. The third kappa shape index (κ3) is 1.09. The molecule has 1 fully saturated rings. The smallest absolute Gasteiger partial charge is 0.196 e. The van der Waals surface area contributed by atoms with Gasteiger partial charge < -0.3 is 0 Å². The third-order valence-electron chi connectivity index (χ3n) is 1.02. The first-order chi connectivity index (χ1) is 3.93. The summed E-state index contributed by atoms with van der Waals surface area (Å²) in [6, 6.07) is 0. The summed E-state index contributed by atoms with van der Waals surface area (Å²) in [7, 11) is 0. The molecule has 2 N–H and O–H groups in total. The average Bonchev–Trinajstić information content (AvgIpc) is 1.90. The van der Waals surface area contributed by atoms with E-state index in [1.54, 1.807) is 0 Å². The van der Waals surface area contributed by atoms with Crippen LogP contribution in [0.25, 0.3) is 0 Å². The van der Waals surface area contributed by atoms with Crippen molar-refractivity contribution in [2.24, 2.45) is 0 Å². The molecule has 0 bridgehead atoms. The summed E-state index contributed by atoms with van der Waals surface area (Å²) in [4.78, 5) is 0. The molecule has 0 aromatic rings. The van der Waals surface area contributed by atoms with E-state index in [1.165, 1.54) is 5.01 Å². The van der Waals surface area contributed by atoms with Crippen LogP contribution in [0.2, 0.25) is 0 Å².